The van der Waals surface area contributed by atoms with Gasteiger partial charge in [-0.3, -0.25) is 0 Å². The number of hydrogen-bond donors (Lipinski definition) is 1. The molecule has 0 amide bonds. The van der Waals surface area contributed by atoms with Crippen LogP contribution in [0.3, 0.4) is 0 Å². The molecule has 1 unspecified atom stereocenters. The lowest BCUT2D eigenvalue weighted by atomic mass is 9.86. The Labute approximate surface area is 131 Å². The van der Waals surface area contributed by atoms with Crippen LogP contribution in [0.5, 0.6) is 0 Å². The molecule has 0 aliphatic rings. The van der Waals surface area contributed by atoms with Gasteiger partial charge in [-0.2, -0.15) is 0 Å². The lowest BCUT2D eigenvalue weighted by molar-refractivity contribution is 0.215. The minimum atomic E-state index is -0.647. The Morgan fingerprint density at radius 1 is 0.952 bits per heavy atom. The van der Waals surface area contributed by atoms with Gasteiger partial charge in [0.2, 0.25) is 0 Å². The first-order valence-electron chi connectivity index (χ1n) is 7.33. The molecule has 1 aromatic heterocycles. The van der Waals surface area contributed by atoms with E-state index in [1.807, 2.05) is 17.5 Å². The molecule has 0 radical (unpaired) electrons. The topological polar surface area (TPSA) is 33.1 Å². The molecule has 1 aromatic carbocycles. The number of hydrogen-bond acceptors (Lipinski definition) is 3. The summed E-state index contributed by atoms with van der Waals surface area (Å²) in [4.78, 5) is 4.60. The second kappa shape index (κ2) is 5.54. The summed E-state index contributed by atoms with van der Waals surface area (Å²) in [6, 6.07) is 8.19. The number of nitrogens with zero attached hydrogens (tertiary/aromatic N) is 1. The molecule has 2 aromatic rings. The molecule has 1 heterocycles. The summed E-state index contributed by atoms with van der Waals surface area (Å²) in [5, 5.41) is 13.5. The minimum Gasteiger partial charge on any atom is -0.382 e. The molecule has 0 bridgehead atoms. The van der Waals surface area contributed by atoms with E-state index >= 15 is 0 Å². The smallest absolute Gasteiger partial charge is 0.122 e. The third kappa shape index (κ3) is 3.72. The normalized spacial score (nSPS) is 14.2. The molecule has 0 fully saturated rings. The van der Waals surface area contributed by atoms with Crippen molar-refractivity contribution in [2.75, 3.05) is 0 Å². The average Bonchev–Trinajstić information content (AvgIpc) is 2.86. The Balaban J connectivity index is 2.24. The number of aromatic nitrogens is 1. The van der Waals surface area contributed by atoms with Crippen molar-refractivity contribution in [3.63, 3.8) is 0 Å². The van der Waals surface area contributed by atoms with Crippen LogP contribution in [-0.4, -0.2) is 10.1 Å². The Morgan fingerprint density at radius 3 is 1.95 bits per heavy atom. The van der Waals surface area contributed by atoms with E-state index in [-0.39, 0.29) is 10.8 Å². The van der Waals surface area contributed by atoms with Crippen molar-refractivity contribution in [3.8, 4) is 0 Å². The van der Waals surface area contributed by atoms with Crippen molar-refractivity contribution in [1.29, 1.82) is 0 Å². The quantitative estimate of drug-likeness (QED) is 0.863. The van der Waals surface area contributed by atoms with E-state index in [9.17, 15) is 5.11 Å². The van der Waals surface area contributed by atoms with Crippen LogP contribution in [0.25, 0.3) is 0 Å². The first-order valence-corrected chi connectivity index (χ1v) is 8.21. The average molecular weight is 303 g/mol. The molecule has 1 N–H and O–H groups in total. The zero-order valence-electron chi connectivity index (χ0n) is 13.8. The van der Waals surface area contributed by atoms with E-state index in [4.69, 9.17) is 0 Å². The van der Waals surface area contributed by atoms with Gasteiger partial charge in [-0.15, -0.1) is 11.3 Å². The van der Waals surface area contributed by atoms with Gasteiger partial charge in [-0.05, 0) is 16.5 Å². The zero-order chi connectivity index (χ0) is 15.8. The van der Waals surface area contributed by atoms with E-state index in [0.717, 1.165) is 16.3 Å². The van der Waals surface area contributed by atoms with Crippen molar-refractivity contribution >= 4 is 11.3 Å². The summed E-state index contributed by atoms with van der Waals surface area (Å²) < 4.78 is 0. The molecule has 2 rings (SSSR count). The molecule has 2 nitrogen and oxygen atoms in total. The molecule has 0 aliphatic heterocycles. The van der Waals surface area contributed by atoms with E-state index in [1.54, 1.807) is 11.3 Å². The fourth-order valence-electron chi connectivity index (χ4n) is 2.09. The number of aliphatic hydroxyl groups is 1. The summed E-state index contributed by atoms with van der Waals surface area (Å²) in [7, 11) is 0. The van der Waals surface area contributed by atoms with Crippen LogP contribution < -0.4 is 0 Å². The summed E-state index contributed by atoms with van der Waals surface area (Å²) in [5.41, 5.74) is 3.07. The molecular formula is C18H25NOS. The molecule has 114 valence electrons. The van der Waals surface area contributed by atoms with Gasteiger partial charge in [0.05, 0.1) is 10.7 Å². The van der Waals surface area contributed by atoms with Gasteiger partial charge < -0.3 is 5.11 Å². The van der Waals surface area contributed by atoms with E-state index in [1.165, 1.54) is 5.56 Å². The Morgan fingerprint density at radius 2 is 1.52 bits per heavy atom. The lowest BCUT2D eigenvalue weighted by Crippen LogP contribution is -2.12. The molecule has 3 heteroatoms. The predicted octanol–water partition coefficient (Wildman–Crippen LogP) is 4.82. The SMILES string of the molecule is CC(C)(C)c1ccc(C(O)c2csc(C(C)(C)C)n2)cc1. The fourth-order valence-corrected chi connectivity index (χ4v) is 3.02. The van der Waals surface area contributed by atoms with Gasteiger partial charge in [-0.1, -0.05) is 65.8 Å². The van der Waals surface area contributed by atoms with Gasteiger partial charge in [0.1, 0.15) is 6.10 Å². The molecule has 0 spiro atoms. The number of benzene rings is 1. The van der Waals surface area contributed by atoms with Crippen molar-refractivity contribution < 1.29 is 5.11 Å². The lowest BCUT2D eigenvalue weighted by Gasteiger charge is -2.20. The van der Waals surface area contributed by atoms with Crippen LogP contribution in [0.15, 0.2) is 29.6 Å². The van der Waals surface area contributed by atoms with Crippen molar-refractivity contribution in [2.45, 2.75) is 58.5 Å². The summed E-state index contributed by atoms with van der Waals surface area (Å²) in [6.45, 7) is 13.0. The maximum absolute atomic E-state index is 10.5. The van der Waals surface area contributed by atoms with Crippen LogP contribution in [-0.2, 0) is 10.8 Å². The van der Waals surface area contributed by atoms with Crippen LogP contribution in [0.2, 0.25) is 0 Å². The van der Waals surface area contributed by atoms with Crippen LogP contribution in [0.4, 0.5) is 0 Å². The highest BCUT2D eigenvalue weighted by atomic mass is 32.1. The van der Waals surface area contributed by atoms with Crippen molar-refractivity contribution in [2.24, 2.45) is 0 Å². The Hall–Kier alpha value is -1.19. The maximum atomic E-state index is 10.5. The maximum Gasteiger partial charge on any atom is 0.122 e. The Kier molecular flexibility index (Phi) is 4.27. The Bertz CT molecular complexity index is 599. The van der Waals surface area contributed by atoms with E-state index in [0.29, 0.717) is 0 Å². The largest absolute Gasteiger partial charge is 0.382 e. The monoisotopic (exact) mass is 303 g/mol. The zero-order valence-corrected chi connectivity index (χ0v) is 14.6. The molecule has 0 saturated heterocycles. The molecule has 1 atom stereocenters. The summed E-state index contributed by atoms with van der Waals surface area (Å²) >= 11 is 1.62. The van der Waals surface area contributed by atoms with Crippen molar-refractivity contribution in [3.05, 3.63) is 51.5 Å². The van der Waals surface area contributed by atoms with Crippen LogP contribution >= 0.6 is 11.3 Å². The third-order valence-electron chi connectivity index (χ3n) is 3.54. The first kappa shape index (κ1) is 16.2. The predicted molar refractivity (Wildman–Crippen MR) is 90.0 cm³/mol. The van der Waals surface area contributed by atoms with Crippen LogP contribution in [0.1, 0.15) is 69.5 Å². The summed E-state index contributed by atoms with van der Waals surface area (Å²) in [6.07, 6.45) is -0.647. The molecule has 0 saturated carbocycles. The van der Waals surface area contributed by atoms with Crippen molar-refractivity contribution in [1.82, 2.24) is 4.98 Å². The highest BCUT2D eigenvalue weighted by molar-refractivity contribution is 7.09. The number of thiazole rings is 1. The second-order valence-corrected chi connectivity index (χ2v) is 8.46. The van der Waals surface area contributed by atoms with Gasteiger partial charge >= 0.3 is 0 Å². The van der Waals surface area contributed by atoms with Gasteiger partial charge in [0, 0.05) is 10.8 Å². The minimum absolute atomic E-state index is 0.0265. The molecular weight excluding hydrogens is 278 g/mol. The van der Waals surface area contributed by atoms with E-state index in [2.05, 4.69) is 58.7 Å². The van der Waals surface area contributed by atoms with Crippen LogP contribution in [0, 0.1) is 0 Å². The van der Waals surface area contributed by atoms with Gasteiger partial charge in [0.25, 0.3) is 0 Å². The first-order chi connectivity index (χ1) is 9.59. The second-order valence-electron chi connectivity index (χ2n) is 7.60. The third-order valence-corrected chi connectivity index (χ3v) is 4.82. The summed E-state index contributed by atoms with van der Waals surface area (Å²) in [5.74, 6) is 0. The standard InChI is InChI=1S/C18H25NOS/c1-17(2,3)13-9-7-12(8-10-13)15(20)14-11-21-16(19-14)18(4,5)6/h7-11,15,20H,1-6H3. The number of rotatable bonds is 2. The van der Waals surface area contributed by atoms with Gasteiger partial charge in [-0.25, -0.2) is 4.98 Å². The van der Waals surface area contributed by atoms with Gasteiger partial charge in [0.15, 0.2) is 0 Å². The highest BCUT2D eigenvalue weighted by Gasteiger charge is 2.21. The number of aliphatic hydroxyl groups excluding tert-OH is 1. The van der Waals surface area contributed by atoms with E-state index < -0.39 is 6.10 Å². The highest BCUT2D eigenvalue weighted by Crippen LogP contribution is 2.31. The molecule has 21 heavy (non-hydrogen) atoms. The molecule has 0 aliphatic carbocycles. The fraction of sp³-hybridized carbons (Fsp3) is 0.500.